The van der Waals surface area contributed by atoms with E-state index in [9.17, 15) is 4.79 Å². The Bertz CT molecular complexity index is 398. The molecule has 0 aliphatic heterocycles. The Morgan fingerprint density at radius 2 is 2.29 bits per heavy atom. The molecular formula is C12H16ClIN2O. The molecule has 0 aliphatic carbocycles. The van der Waals surface area contributed by atoms with Gasteiger partial charge in [-0.15, -0.1) is 0 Å². The standard InChI is InChI=1S/C12H16ClIN2O/c1-2-3-4-10(15)12(17)16-11-6-5-8(14)7-9(11)13/h5-7,10H,2-4,15H2,1H3,(H,16,17)/t10-/m0/s1. The van der Waals surface area contributed by atoms with Crippen LogP contribution in [0.15, 0.2) is 18.2 Å². The molecule has 0 radical (unpaired) electrons. The number of carbonyl (C=O) groups excluding carboxylic acids is 1. The number of hydrogen-bond acceptors (Lipinski definition) is 2. The van der Waals surface area contributed by atoms with E-state index in [0.29, 0.717) is 17.1 Å². The van der Waals surface area contributed by atoms with Crippen LogP contribution in [0.5, 0.6) is 0 Å². The Hall–Kier alpha value is -0.330. The summed E-state index contributed by atoms with van der Waals surface area (Å²) < 4.78 is 1.03. The maximum Gasteiger partial charge on any atom is 0.241 e. The van der Waals surface area contributed by atoms with E-state index < -0.39 is 6.04 Å². The van der Waals surface area contributed by atoms with Crippen LogP contribution in [0.3, 0.4) is 0 Å². The minimum Gasteiger partial charge on any atom is -0.323 e. The molecule has 0 fully saturated rings. The predicted molar refractivity (Wildman–Crippen MR) is 80.3 cm³/mol. The fraction of sp³-hybridized carbons (Fsp3) is 0.417. The molecule has 5 heteroatoms. The first-order valence-corrected chi connectivity index (χ1v) is 7.01. The SMILES string of the molecule is CCCC[C@H](N)C(=O)Nc1ccc(I)cc1Cl. The van der Waals surface area contributed by atoms with E-state index in [-0.39, 0.29) is 5.91 Å². The van der Waals surface area contributed by atoms with Gasteiger partial charge in [0, 0.05) is 3.57 Å². The van der Waals surface area contributed by atoms with Gasteiger partial charge < -0.3 is 11.1 Å². The second-order valence-corrected chi connectivity index (χ2v) is 5.51. The molecule has 1 amide bonds. The van der Waals surface area contributed by atoms with E-state index >= 15 is 0 Å². The smallest absolute Gasteiger partial charge is 0.241 e. The number of unbranched alkanes of at least 4 members (excludes halogenated alkanes) is 1. The minimum absolute atomic E-state index is 0.179. The zero-order valence-corrected chi connectivity index (χ0v) is 12.6. The molecule has 1 atom stereocenters. The lowest BCUT2D eigenvalue weighted by Crippen LogP contribution is -2.35. The summed E-state index contributed by atoms with van der Waals surface area (Å²) in [4.78, 5) is 11.8. The van der Waals surface area contributed by atoms with Crippen molar-refractivity contribution in [1.29, 1.82) is 0 Å². The van der Waals surface area contributed by atoms with Crippen LogP contribution in [-0.4, -0.2) is 11.9 Å². The van der Waals surface area contributed by atoms with Crippen molar-refractivity contribution in [2.75, 3.05) is 5.32 Å². The highest BCUT2D eigenvalue weighted by Crippen LogP contribution is 2.23. The van der Waals surface area contributed by atoms with Crippen molar-refractivity contribution in [3.63, 3.8) is 0 Å². The predicted octanol–water partition coefficient (Wildman–Crippen LogP) is 3.40. The summed E-state index contributed by atoms with van der Waals surface area (Å²) in [6.07, 6.45) is 2.69. The lowest BCUT2D eigenvalue weighted by Gasteiger charge is -2.12. The van der Waals surface area contributed by atoms with Gasteiger partial charge >= 0.3 is 0 Å². The van der Waals surface area contributed by atoms with Gasteiger partial charge in [-0.05, 0) is 47.2 Å². The van der Waals surface area contributed by atoms with Gasteiger partial charge in [-0.3, -0.25) is 4.79 Å². The maximum atomic E-state index is 11.8. The quantitative estimate of drug-likeness (QED) is 0.785. The van der Waals surface area contributed by atoms with Gasteiger partial charge in [-0.2, -0.15) is 0 Å². The van der Waals surface area contributed by atoms with Gasteiger partial charge in [0.2, 0.25) is 5.91 Å². The van der Waals surface area contributed by atoms with Crippen molar-refractivity contribution in [3.05, 3.63) is 26.8 Å². The van der Waals surface area contributed by atoms with Gasteiger partial charge in [0.15, 0.2) is 0 Å². The Morgan fingerprint density at radius 3 is 2.88 bits per heavy atom. The largest absolute Gasteiger partial charge is 0.323 e. The molecule has 1 aromatic carbocycles. The number of carbonyl (C=O) groups is 1. The van der Waals surface area contributed by atoms with E-state index in [1.165, 1.54) is 0 Å². The van der Waals surface area contributed by atoms with Crippen molar-refractivity contribution in [1.82, 2.24) is 0 Å². The molecule has 1 aromatic rings. The monoisotopic (exact) mass is 366 g/mol. The molecule has 0 unspecified atom stereocenters. The molecule has 3 N–H and O–H groups in total. The van der Waals surface area contributed by atoms with Crippen molar-refractivity contribution < 1.29 is 4.79 Å². The van der Waals surface area contributed by atoms with E-state index in [4.69, 9.17) is 17.3 Å². The highest BCUT2D eigenvalue weighted by atomic mass is 127. The number of nitrogens with two attached hydrogens (primary N) is 1. The van der Waals surface area contributed by atoms with Crippen LogP contribution in [0.4, 0.5) is 5.69 Å². The zero-order valence-electron chi connectivity index (χ0n) is 9.67. The first kappa shape index (κ1) is 14.7. The number of benzene rings is 1. The molecular weight excluding hydrogens is 351 g/mol. The average Bonchev–Trinajstić information content (AvgIpc) is 2.29. The Labute approximate surface area is 120 Å². The molecule has 0 saturated heterocycles. The van der Waals surface area contributed by atoms with E-state index in [1.807, 2.05) is 6.07 Å². The van der Waals surface area contributed by atoms with Crippen LogP contribution < -0.4 is 11.1 Å². The summed E-state index contributed by atoms with van der Waals surface area (Å²) in [5.74, 6) is -0.179. The average molecular weight is 367 g/mol. The van der Waals surface area contributed by atoms with Gasteiger partial charge in [0.1, 0.15) is 0 Å². The zero-order chi connectivity index (χ0) is 12.8. The molecule has 0 aliphatic rings. The second-order valence-electron chi connectivity index (χ2n) is 3.86. The molecule has 0 aromatic heterocycles. The van der Waals surface area contributed by atoms with Crippen LogP contribution in [-0.2, 0) is 4.79 Å². The molecule has 1 rings (SSSR count). The number of hydrogen-bond donors (Lipinski definition) is 2. The van der Waals surface area contributed by atoms with Gasteiger partial charge in [0.05, 0.1) is 16.8 Å². The number of rotatable bonds is 5. The first-order chi connectivity index (χ1) is 8.04. The molecule has 0 spiro atoms. The van der Waals surface area contributed by atoms with E-state index in [1.54, 1.807) is 12.1 Å². The highest BCUT2D eigenvalue weighted by molar-refractivity contribution is 14.1. The topological polar surface area (TPSA) is 55.1 Å². The molecule has 3 nitrogen and oxygen atoms in total. The number of anilines is 1. The molecule has 17 heavy (non-hydrogen) atoms. The normalized spacial score (nSPS) is 12.2. The highest BCUT2D eigenvalue weighted by Gasteiger charge is 2.14. The summed E-state index contributed by atoms with van der Waals surface area (Å²) in [6.45, 7) is 2.07. The fourth-order valence-corrected chi connectivity index (χ4v) is 2.27. The first-order valence-electron chi connectivity index (χ1n) is 5.56. The van der Waals surface area contributed by atoms with Crippen molar-refractivity contribution in [2.45, 2.75) is 32.2 Å². The summed E-state index contributed by atoms with van der Waals surface area (Å²) in [5, 5.41) is 3.28. The lowest BCUT2D eigenvalue weighted by atomic mass is 10.1. The number of nitrogens with one attached hydrogen (secondary N) is 1. The van der Waals surface area contributed by atoms with Gasteiger partial charge in [-0.1, -0.05) is 31.4 Å². The van der Waals surface area contributed by atoms with Crippen molar-refractivity contribution >= 4 is 45.8 Å². The number of halogens is 2. The molecule has 94 valence electrons. The third kappa shape index (κ3) is 4.81. The lowest BCUT2D eigenvalue weighted by molar-refractivity contribution is -0.117. The third-order valence-corrected chi connectivity index (χ3v) is 3.38. The Morgan fingerprint density at radius 1 is 1.59 bits per heavy atom. The third-order valence-electron chi connectivity index (χ3n) is 2.39. The Balaban J connectivity index is 2.61. The summed E-state index contributed by atoms with van der Waals surface area (Å²) in [5.41, 5.74) is 6.39. The number of amides is 1. The molecule has 0 bridgehead atoms. The minimum atomic E-state index is -0.467. The van der Waals surface area contributed by atoms with Crippen LogP contribution in [0.2, 0.25) is 5.02 Å². The van der Waals surface area contributed by atoms with Crippen LogP contribution >= 0.6 is 34.2 Å². The van der Waals surface area contributed by atoms with Crippen molar-refractivity contribution in [2.24, 2.45) is 5.73 Å². The van der Waals surface area contributed by atoms with Gasteiger partial charge in [-0.25, -0.2) is 0 Å². The van der Waals surface area contributed by atoms with Crippen LogP contribution in [0.1, 0.15) is 26.2 Å². The summed E-state index contributed by atoms with van der Waals surface area (Å²) >= 11 is 8.19. The summed E-state index contributed by atoms with van der Waals surface area (Å²) in [7, 11) is 0. The maximum absolute atomic E-state index is 11.8. The Kier molecular flexibility index (Phi) is 6.22. The van der Waals surface area contributed by atoms with Crippen molar-refractivity contribution in [3.8, 4) is 0 Å². The van der Waals surface area contributed by atoms with Gasteiger partial charge in [0.25, 0.3) is 0 Å². The van der Waals surface area contributed by atoms with E-state index in [2.05, 4.69) is 34.8 Å². The summed E-state index contributed by atoms with van der Waals surface area (Å²) in [6, 6.07) is 5.01. The second kappa shape index (κ2) is 7.18. The van der Waals surface area contributed by atoms with E-state index in [0.717, 1.165) is 16.4 Å². The molecule has 0 saturated carbocycles. The fourth-order valence-electron chi connectivity index (χ4n) is 1.37. The van der Waals surface area contributed by atoms with Crippen LogP contribution in [0.25, 0.3) is 0 Å². The van der Waals surface area contributed by atoms with Crippen LogP contribution in [0, 0.1) is 3.57 Å². The molecule has 0 heterocycles.